The van der Waals surface area contributed by atoms with E-state index in [9.17, 15) is 24.8 Å². The van der Waals surface area contributed by atoms with Gasteiger partial charge in [0.2, 0.25) is 0 Å². The largest absolute Gasteiger partial charge is 0.388 e. The van der Waals surface area contributed by atoms with Crippen LogP contribution in [0.4, 0.5) is 5.82 Å². The van der Waals surface area contributed by atoms with Gasteiger partial charge in [0.15, 0.2) is 11.6 Å². The van der Waals surface area contributed by atoms with E-state index >= 15 is 0 Å². The van der Waals surface area contributed by atoms with Gasteiger partial charge < -0.3 is 35.3 Å². The van der Waals surface area contributed by atoms with E-state index in [0.717, 1.165) is 0 Å². The van der Waals surface area contributed by atoms with Crippen LogP contribution in [0.25, 0.3) is 11.0 Å². The van der Waals surface area contributed by atoms with Gasteiger partial charge in [-0.15, -0.1) is 0 Å². The molecule has 1 saturated heterocycles. The van der Waals surface area contributed by atoms with E-state index in [4.69, 9.17) is 15.0 Å². The topological polar surface area (TPSA) is 173 Å². The van der Waals surface area contributed by atoms with Gasteiger partial charge >= 0.3 is 7.60 Å². The summed E-state index contributed by atoms with van der Waals surface area (Å²) in [6.45, 7) is 6.43. The van der Waals surface area contributed by atoms with Gasteiger partial charge in [0.25, 0.3) is 0 Å². The average molecular weight is 472 g/mol. The first-order valence-electron chi connectivity index (χ1n) is 10.8. The fraction of sp³-hybridized carbons (Fsp3) is 0.700. The van der Waals surface area contributed by atoms with Gasteiger partial charge in [-0.25, -0.2) is 9.97 Å². The van der Waals surface area contributed by atoms with Crippen LogP contribution in [0.3, 0.4) is 0 Å². The minimum Gasteiger partial charge on any atom is -0.388 e. The highest BCUT2D eigenvalue weighted by molar-refractivity contribution is 7.54. The molecular formula is C20H33N4O7P. The number of hydrogen-bond donors (Lipinski definition) is 5. The summed E-state index contributed by atoms with van der Waals surface area (Å²) in [7, 11) is -4.42. The average Bonchev–Trinajstić information content (AvgIpc) is 3.30. The van der Waals surface area contributed by atoms with Crippen molar-refractivity contribution in [3.8, 4) is 0 Å². The summed E-state index contributed by atoms with van der Waals surface area (Å²) in [6.07, 6.45) is -0.729. The molecule has 0 aromatic carbocycles. The fourth-order valence-corrected chi connectivity index (χ4v) is 5.41. The number of nitrogens with zero attached hydrogens (tertiary/aromatic N) is 3. The number of aromatic nitrogens is 3. The van der Waals surface area contributed by atoms with Gasteiger partial charge in [0.1, 0.15) is 30.0 Å². The van der Waals surface area contributed by atoms with Crippen molar-refractivity contribution in [2.45, 2.75) is 88.9 Å². The third-order valence-corrected chi connectivity index (χ3v) is 8.78. The number of ether oxygens (including phenoxy) is 1. The molecular weight excluding hydrogens is 439 g/mol. The predicted molar refractivity (Wildman–Crippen MR) is 118 cm³/mol. The number of nitrogen functional groups attached to an aromatic ring is 1. The maximum Gasteiger partial charge on any atom is 0.359 e. The predicted octanol–water partition coefficient (Wildman–Crippen LogP) is 1.90. The zero-order valence-corrected chi connectivity index (χ0v) is 19.6. The van der Waals surface area contributed by atoms with Crippen LogP contribution in [0, 0.1) is 0 Å². The molecule has 0 amide bonds. The Bertz CT molecular complexity index is 993. The molecule has 0 saturated carbocycles. The van der Waals surface area contributed by atoms with Crippen LogP contribution in [-0.4, -0.2) is 64.0 Å². The molecule has 6 unspecified atom stereocenters. The third-order valence-electron chi connectivity index (χ3n) is 6.61. The van der Waals surface area contributed by atoms with E-state index in [1.165, 1.54) is 13.3 Å². The molecule has 6 atom stereocenters. The highest BCUT2D eigenvalue weighted by atomic mass is 31.2. The van der Waals surface area contributed by atoms with E-state index < -0.39 is 43.1 Å². The molecule has 32 heavy (non-hydrogen) atoms. The number of aliphatic hydroxyl groups is 3. The molecule has 2 aromatic heterocycles. The standard InChI is InChI=1S/C20H33N4O7P/c1-5-19(4,27)32(28,29)31-20(6-2,7-3)10-13-14(25)15(26)18(30-13)24-9-8-12-16(21)22-11-23-17(12)24/h8-9,11,13-15,18,25-27H,5-7,10H2,1-4H3,(H,28,29)(H2,21,22,23). The highest BCUT2D eigenvalue weighted by Crippen LogP contribution is 2.59. The molecule has 2 aromatic rings. The Labute approximate surface area is 186 Å². The van der Waals surface area contributed by atoms with Crippen molar-refractivity contribution in [3.63, 3.8) is 0 Å². The monoisotopic (exact) mass is 472 g/mol. The Morgan fingerprint density at radius 1 is 1.22 bits per heavy atom. The summed E-state index contributed by atoms with van der Waals surface area (Å²) < 4.78 is 26.1. The van der Waals surface area contributed by atoms with Crippen molar-refractivity contribution in [3.05, 3.63) is 18.6 Å². The molecule has 3 rings (SSSR count). The molecule has 11 nitrogen and oxygen atoms in total. The molecule has 0 bridgehead atoms. The van der Waals surface area contributed by atoms with Crippen LogP contribution < -0.4 is 5.73 Å². The molecule has 0 spiro atoms. The summed E-state index contributed by atoms with van der Waals surface area (Å²) >= 11 is 0. The Balaban J connectivity index is 1.87. The van der Waals surface area contributed by atoms with E-state index in [1.807, 2.05) is 0 Å². The second-order valence-electron chi connectivity index (χ2n) is 8.54. The zero-order valence-electron chi connectivity index (χ0n) is 18.7. The van der Waals surface area contributed by atoms with Crippen LogP contribution in [-0.2, 0) is 13.8 Å². The number of aliphatic hydroxyl groups excluding tert-OH is 2. The summed E-state index contributed by atoms with van der Waals surface area (Å²) in [6, 6.07) is 1.70. The first-order chi connectivity index (χ1) is 14.9. The van der Waals surface area contributed by atoms with Gasteiger partial charge in [-0.05, 0) is 32.3 Å². The van der Waals surface area contributed by atoms with Crippen LogP contribution in [0.1, 0.15) is 59.6 Å². The fourth-order valence-electron chi connectivity index (χ4n) is 3.96. The highest BCUT2D eigenvalue weighted by Gasteiger charge is 2.51. The van der Waals surface area contributed by atoms with Crippen molar-refractivity contribution >= 4 is 24.4 Å². The van der Waals surface area contributed by atoms with Gasteiger partial charge in [0, 0.05) is 12.6 Å². The molecule has 180 valence electrons. The van der Waals surface area contributed by atoms with Crippen LogP contribution >= 0.6 is 7.60 Å². The van der Waals surface area contributed by atoms with Gasteiger partial charge in [-0.3, -0.25) is 9.09 Å². The smallest absolute Gasteiger partial charge is 0.359 e. The molecule has 1 fully saturated rings. The lowest BCUT2D eigenvalue weighted by Crippen LogP contribution is -2.41. The number of rotatable bonds is 9. The van der Waals surface area contributed by atoms with Crippen molar-refractivity contribution < 1.29 is 34.0 Å². The molecule has 6 N–H and O–H groups in total. The van der Waals surface area contributed by atoms with E-state index in [-0.39, 0.29) is 18.7 Å². The van der Waals surface area contributed by atoms with E-state index in [0.29, 0.717) is 23.9 Å². The lowest BCUT2D eigenvalue weighted by Gasteiger charge is -2.39. The van der Waals surface area contributed by atoms with Gasteiger partial charge in [-0.1, -0.05) is 20.8 Å². The maximum absolute atomic E-state index is 12.8. The second-order valence-corrected chi connectivity index (χ2v) is 10.7. The Kier molecular flexibility index (Phi) is 7.03. The third kappa shape index (κ3) is 4.31. The second kappa shape index (κ2) is 8.98. The number of anilines is 1. The lowest BCUT2D eigenvalue weighted by atomic mass is 9.88. The Morgan fingerprint density at radius 3 is 2.47 bits per heavy atom. The first kappa shape index (κ1) is 25.0. The molecule has 3 heterocycles. The SMILES string of the molecule is CCC(CC)(CC1OC(n2ccc3c(N)ncnc32)C(O)C1O)OP(=O)(O)C(C)(O)CC. The molecule has 1 aliphatic rings. The Hall–Kier alpha value is -1.59. The normalized spacial score (nSPS) is 28.0. The minimum absolute atomic E-state index is 0.0271. The van der Waals surface area contributed by atoms with E-state index in [1.54, 1.807) is 37.6 Å². The van der Waals surface area contributed by atoms with Crippen molar-refractivity contribution in [1.29, 1.82) is 0 Å². The van der Waals surface area contributed by atoms with Crippen LogP contribution in [0.2, 0.25) is 0 Å². The molecule has 0 radical (unpaired) electrons. The van der Waals surface area contributed by atoms with Gasteiger partial charge in [0.05, 0.1) is 17.1 Å². The Morgan fingerprint density at radius 2 is 1.88 bits per heavy atom. The summed E-state index contributed by atoms with van der Waals surface area (Å²) in [5.41, 5.74) is 5.17. The number of fused-ring (bicyclic) bond motifs is 1. The molecule has 12 heteroatoms. The minimum atomic E-state index is -4.42. The van der Waals surface area contributed by atoms with Crippen LogP contribution in [0.15, 0.2) is 18.6 Å². The number of hydrogen-bond acceptors (Lipinski definition) is 9. The summed E-state index contributed by atoms with van der Waals surface area (Å²) in [4.78, 5) is 18.6. The quantitative estimate of drug-likeness (QED) is 0.339. The van der Waals surface area contributed by atoms with Crippen molar-refractivity contribution in [2.75, 3.05) is 5.73 Å². The summed E-state index contributed by atoms with van der Waals surface area (Å²) in [5.74, 6) is 0.282. The van der Waals surface area contributed by atoms with Gasteiger partial charge in [-0.2, -0.15) is 0 Å². The molecule has 0 aliphatic carbocycles. The maximum atomic E-state index is 12.8. The van der Waals surface area contributed by atoms with Crippen LogP contribution in [0.5, 0.6) is 0 Å². The summed E-state index contributed by atoms with van der Waals surface area (Å²) in [5, 5.41) is 30.5. The zero-order chi connectivity index (χ0) is 23.9. The molecule has 1 aliphatic heterocycles. The van der Waals surface area contributed by atoms with E-state index in [2.05, 4.69) is 9.97 Å². The lowest BCUT2D eigenvalue weighted by molar-refractivity contribution is -0.0752. The first-order valence-corrected chi connectivity index (χ1v) is 12.3. The number of nitrogens with two attached hydrogens (primary N) is 1. The van der Waals surface area contributed by atoms with Crippen molar-refractivity contribution in [2.24, 2.45) is 0 Å². The van der Waals surface area contributed by atoms with Crippen molar-refractivity contribution in [1.82, 2.24) is 14.5 Å².